The normalized spacial score (nSPS) is 16.5. The monoisotopic (exact) mass is 299 g/mol. The Bertz CT molecular complexity index is 433. The number of nitrogens with one attached hydrogen (secondary N) is 1. The molecule has 0 saturated carbocycles. The number of carbonyl (C=O) groups is 1. The van der Waals surface area contributed by atoms with Crippen LogP contribution in [0.25, 0.3) is 0 Å². The van der Waals surface area contributed by atoms with Crippen LogP contribution in [0.3, 0.4) is 0 Å². The molecule has 1 saturated heterocycles. The lowest BCUT2D eigenvalue weighted by Crippen LogP contribution is -2.44. The van der Waals surface area contributed by atoms with E-state index in [2.05, 4.69) is 36.5 Å². The molecule has 19 heavy (non-hydrogen) atoms. The number of nitrogens with zero attached hydrogens (tertiary/aromatic N) is 2. The highest BCUT2D eigenvalue weighted by Crippen LogP contribution is 2.23. The molecule has 6 heteroatoms. The summed E-state index contributed by atoms with van der Waals surface area (Å²) < 4.78 is 0. The number of amides is 2. The van der Waals surface area contributed by atoms with Crippen LogP contribution in [0.1, 0.15) is 31.5 Å². The van der Waals surface area contributed by atoms with E-state index in [0.717, 1.165) is 35.3 Å². The van der Waals surface area contributed by atoms with Gasteiger partial charge in [-0.2, -0.15) is 11.8 Å². The Kier molecular flexibility index (Phi) is 4.73. The fraction of sp³-hybridized carbons (Fsp3) is 0.692. The number of aromatic nitrogens is 1. The van der Waals surface area contributed by atoms with E-state index in [1.165, 1.54) is 0 Å². The Balaban J connectivity index is 1.85. The number of hydrogen-bond acceptors (Lipinski definition) is 4. The summed E-state index contributed by atoms with van der Waals surface area (Å²) in [7, 11) is 0. The van der Waals surface area contributed by atoms with Crippen molar-refractivity contribution in [1.29, 1.82) is 0 Å². The van der Waals surface area contributed by atoms with E-state index in [4.69, 9.17) is 0 Å². The van der Waals surface area contributed by atoms with E-state index < -0.39 is 0 Å². The van der Waals surface area contributed by atoms with Gasteiger partial charge in [0.05, 0.1) is 12.2 Å². The molecule has 0 radical (unpaired) electrons. The summed E-state index contributed by atoms with van der Waals surface area (Å²) >= 11 is 3.52. The van der Waals surface area contributed by atoms with Gasteiger partial charge in [-0.25, -0.2) is 9.78 Å². The Morgan fingerprint density at radius 3 is 2.68 bits per heavy atom. The van der Waals surface area contributed by atoms with Crippen molar-refractivity contribution in [2.24, 2.45) is 0 Å². The van der Waals surface area contributed by atoms with Crippen LogP contribution in [0.15, 0.2) is 5.38 Å². The van der Waals surface area contributed by atoms with Gasteiger partial charge in [0.1, 0.15) is 5.01 Å². The minimum Gasteiger partial charge on any atom is -0.331 e. The van der Waals surface area contributed by atoms with Gasteiger partial charge in [0, 0.05) is 35.4 Å². The quantitative estimate of drug-likeness (QED) is 0.913. The smallest absolute Gasteiger partial charge is 0.317 e. The molecular formula is C13H21N3OS2. The van der Waals surface area contributed by atoms with Crippen molar-refractivity contribution >= 4 is 29.1 Å². The highest BCUT2D eigenvalue weighted by atomic mass is 32.2. The molecule has 1 aliphatic heterocycles. The van der Waals surface area contributed by atoms with Crippen molar-refractivity contribution in [2.75, 3.05) is 24.6 Å². The van der Waals surface area contributed by atoms with E-state index in [1.54, 1.807) is 11.3 Å². The fourth-order valence-electron chi connectivity index (χ4n) is 1.77. The number of thioether (sulfide) groups is 1. The topological polar surface area (TPSA) is 45.2 Å². The summed E-state index contributed by atoms with van der Waals surface area (Å²) in [6, 6.07) is 0.0350. The zero-order chi connectivity index (χ0) is 13.9. The van der Waals surface area contributed by atoms with Crippen LogP contribution in [0.2, 0.25) is 0 Å². The Morgan fingerprint density at radius 1 is 1.42 bits per heavy atom. The van der Waals surface area contributed by atoms with Crippen LogP contribution in [0, 0.1) is 0 Å². The van der Waals surface area contributed by atoms with E-state index in [-0.39, 0.29) is 11.4 Å². The van der Waals surface area contributed by atoms with Gasteiger partial charge >= 0.3 is 6.03 Å². The average molecular weight is 299 g/mol. The Morgan fingerprint density at radius 2 is 2.11 bits per heavy atom. The van der Waals surface area contributed by atoms with Crippen LogP contribution < -0.4 is 5.32 Å². The maximum Gasteiger partial charge on any atom is 0.317 e. The van der Waals surface area contributed by atoms with Crippen molar-refractivity contribution in [2.45, 2.75) is 32.7 Å². The predicted octanol–water partition coefficient (Wildman–Crippen LogP) is 2.70. The van der Waals surface area contributed by atoms with E-state index in [1.807, 2.05) is 16.7 Å². The van der Waals surface area contributed by atoms with E-state index in [9.17, 15) is 4.79 Å². The minimum absolute atomic E-state index is 0.0350. The van der Waals surface area contributed by atoms with Gasteiger partial charge in [0.25, 0.3) is 0 Å². The highest BCUT2D eigenvalue weighted by molar-refractivity contribution is 7.99. The van der Waals surface area contributed by atoms with E-state index in [0.29, 0.717) is 6.54 Å². The lowest BCUT2D eigenvalue weighted by atomic mass is 9.93. The number of thiazole rings is 1. The summed E-state index contributed by atoms with van der Waals surface area (Å²) in [5, 5.41) is 6.02. The van der Waals surface area contributed by atoms with Gasteiger partial charge in [-0.15, -0.1) is 11.3 Å². The van der Waals surface area contributed by atoms with Gasteiger partial charge in [0.2, 0.25) is 0 Å². The maximum absolute atomic E-state index is 12.0. The SMILES string of the molecule is CC(C)(C)c1csc(CNC(=O)N2CCSCC2)n1. The predicted molar refractivity (Wildman–Crippen MR) is 81.9 cm³/mol. The largest absolute Gasteiger partial charge is 0.331 e. The summed E-state index contributed by atoms with van der Waals surface area (Å²) in [5.74, 6) is 2.08. The van der Waals surface area contributed by atoms with Gasteiger partial charge in [-0.3, -0.25) is 0 Å². The number of rotatable bonds is 2. The van der Waals surface area contributed by atoms with Crippen molar-refractivity contribution in [3.05, 3.63) is 16.1 Å². The molecule has 0 spiro atoms. The zero-order valence-corrected chi connectivity index (χ0v) is 13.4. The average Bonchev–Trinajstić information content (AvgIpc) is 2.86. The summed E-state index contributed by atoms with van der Waals surface area (Å²) in [6.07, 6.45) is 0. The maximum atomic E-state index is 12.0. The van der Waals surface area contributed by atoms with Crippen LogP contribution in [-0.2, 0) is 12.0 Å². The molecule has 106 valence electrons. The number of urea groups is 1. The first-order valence-electron chi connectivity index (χ1n) is 6.52. The van der Waals surface area contributed by atoms with Crippen molar-refractivity contribution in [3.63, 3.8) is 0 Å². The molecule has 2 heterocycles. The molecule has 2 amide bonds. The first-order chi connectivity index (χ1) is 8.97. The molecular weight excluding hydrogens is 278 g/mol. The Labute approximate surface area is 123 Å². The third-order valence-electron chi connectivity index (χ3n) is 3.01. The van der Waals surface area contributed by atoms with Crippen LogP contribution in [0.4, 0.5) is 4.79 Å². The lowest BCUT2D eigenvalue weighted by molar-refractivity contribution is 0.202. The van der Waals surface area contributed by atoms with Crippen molar-refractivity contribution in [1.82, 2.24) is 15.2 Å². The highest BCUT2D eigenvalue weighted by Gasteiger charge is 2.19. The minimum atomic E-state index is 0.0350. The van der Waals surface area contributed by atoms with Crippen LogP contribution in [-0.4, -0.2) is 40.5 Å². The first kappa shape index (κ1) is 14.7. The molecule has 0 aromatic carbocycles. The molecule has 0 bridgehead atoms. The number of carbonyl (C=O) groups excluding carboxylic acids is 1. The van der Waals surface area contributed by atoms with Crippen molar-refractivity contribution in [3.8, 4) is 0 Å². The van der Waals surface area contributed by atoms with Gasteiger partial charge in [0.15, 0.2) is 0 Å². The molecule has 2 rings (SSSR count). The van der Waals surface area contributed by atoms with E-state index >= 15 is 0 Å². The Hall–Kier alpha value is -0.750. The van der Waals surface area contributed by atoms with Gasteiger partial charge in [-0.05, 0) is 0 Å². The molecule has 1 aromatic rings. The third-order valence-corrected chi connectivity index (χ3v) is 4.80. The second-order valence-corrected chi connectivity index (χ2v) is 7.80. The molecule has 0 atom stereocenters. The number of hydrogen-bond donors (Lipinski definition) is 1. The fourth-order valence-corrected chi connectivity index (χ4v) is 3.63. The first-order valence-corrected chi connectivity index (χ1v) is 8.55. The molecule has 0 unspecified atom stereocenters. The standard InChI is InChI=1S/C13H21N3OS2/c1-13(2,3)10-9-19-11(15-10)8-14-12(17)16-4-6-18-7-5-16/h9H,4-8H2,1-3H3,(H,14,17). The molecule has 1 aromatic heterocycles. The lowest BCUT2D eigenvalue weighted by Gasteiger charge is -2.26. The second-order valence-electron chi connectivity index (χ2n) is 5.63. The van der Waals surface area contributed by atoms with Gasteiger partial charge < -0.3 is 10.2 Å². The van der Waals surface area contributed by atoms with Crippen LogP contribution >= 0.6 is 23.1 Å². The molecule has 0 aliphatic carbocycles. The second kappa shape index (κ2) is 6.13. The molecule has 1 N–H and O–H groups in total. The summed E-state index contributed by atoms with van der Waals surface area (Å²) in [4.78, 5) is 18.4. The summed E-state index contributed by atoms with van der Waals surface area (Å²) in [5.41, 5.74) is 1.17. The summed E-state index contributed by atoms with van der Waals surface area (Å²) in [6.45, 7) is 8.67. The molecule has 1 aliphatic rings. The third kappa shape index (κ3) is 4.11. The van der Waals surface area contributed by atoms with Crippen LogP contribution in [0.5, 0.6) is 0 Å². The van der Waals surface area contributed by atoms with Crippen molar-refractivity contribution < 1.29 is 4.79 Å². The zero-order valence-electron chi connectivity index (χ0n) is 11.7. The van der Waals surface area contributed by atoms with Gasteiger partial charge in [-0.1, -0.05) is 20.8 Å². The molecule has 4 nitrogen and oxygen atoms in total. The molecule has 1 fully saturated rings.